The van der Waals surface area contributed by atoms with E-state index >= 15 is 0 Å². The average Bonchev–Trinajstić information content (AvgIpc) is 3.88. The monoisotopic (exact) mass is 824 g/mol. The molecule has 5 heteroatoms. The van der Waals surface area contributed by atoms with E-state index in [0.29, 0.717) is 0 Å². The Morgan fingerprint density at radius 1 is 0.725 bits per heavy atom. The van der Waals surface area contributed by atoms with Crippen molar-refractivity contribution in [2.75, 3.05) is 0 Å². The third-order valence-electron chi connectivity index (χ3n) is 9.94. The maximum atomic E-state index is 4.93. The van der Waals surface area contributed by atoms with E-state index in [9.17, 15) is 0 Å². The summed E-state index contributed by atoms with van der Waals surface area (Å²) in [5, 5.41) is 7.08. The number of hydrogen-bond acceptors (Lipinski definition) is 0. The summed E-state index contributed by atoms with van der Waals surface area (Å²) in [6, 6.07) is 41.3. The van der Waals surface area contributed by atoms with Crippen LogP contribution in [-0.2, 0) is 32.7 Å². The summed E-state index contributed by atoms with van der Waals surface area (Å²) in [6.07, 6.45) is 6.63. The summed E-state index contributed by atoms with van der Waals surface area (Å²) in [7, 11) is 9.74. The molecule has 1 fully saturated rings. The Morgan fingerprint density at radius 3 is 1.67 bits per heavy atom. The number of fused-ring (bicyclic) bond motifs is 2. The molecule has 1 saturated carbocycles. The normalized spacial score (nSPS) is 13.1. The Hall–Kier alpha value is -2.00. The van der Waals surface area contributed by atoms with Crippen molar-refractivity contribution in [3.05, 3.63) is 126 Å². The maximum absolute atomic E-state index is 4.93. The van der Waals surface area contributed by atoms with Crippen molar-refractivity contribution in [3.63, 3.8) is 0 Å². The predicted octanol–water partition coefficient (Wildman–Crippen LogP) is 14.7. The Balaban J connectivity index is 0.000000200. The third-order valence-corrected chi connectivity index (χ3v) is 12.0. The standard InChI is InChI=1S/C24H27.C20H23Si.C2H6Si.2ClH.Zr/c1-24(2,3)21-13-11-18(12-14-21)22-10-6-9-19-15-20(16-23(19)22)17-7-4-5-8-17;1-5-15-13-17-7-6-8-19(20(17)14-15)16-9-11-18(12-10-16)21(2,3)4;1-3-2;;;/h6,9-17H,4-5,7-8H2,1-3H3;6-14H,5H2,1-4H3;1-2H3;2*1H;/q2*-1;;;;+4/p-2. The van der Waals surface area contributed by atoms with Crippen molar-refractivity contribution < 1.29 is 20.8 Å². The first-order chi connectivity index (χ1) is 24.3. The van der Waals surface area contributed by atoms with E-state index in [1.807, 2.05) is 0 Å². The predicted molar refractivity (Wildman–Crippen MR) is 231 cm³/mol. The van der Waals surface area contributed by atoms with E-state index in [-0.39, 0.29) is 5.41 Å². The summed E-state index contributed by atoms with van der Waals surface area (Å²) >= 11 is -0.826. The van der Waals surface area contributed by atoms with Crippen LogP contribution in [0, 0.1) is 0 Å². The van der Waals surface area contributed by atoms with Gasteiger partial charge < -0.3 is 0 Å². The molecule has 0 N–H and O–H groups in total. The van der Waals surface area contributed by atoms with Crippen molar-refractivity contribution in [2.45, 2.75) is 104 Å². The fraction of sp³-hybridized carbons (Fsp3) is 0.348. The zero-order chi connectivity index (χ0) is 37.2. The molecule has 6 aromatic carbocycles. The van der Waals surface area contributed by atoms with Crippen LogP contribution in [0.2, 0.25) is 32.7 Å². The van der Waals surface area contributed by atoms with Gasteiger partial charge in [0.05, 0.1) is 8.07 Å². The molecule has 0 nitrogen and oxygen atoms in total. The number of benzene rings is 4. The van der Waals surface area contributed by atoms with Crippen LogP contribution in [0.15, 0.2) is 109 Å². The first-order valence-corrected chi connectivity index (χ1v) is 30.3. The van der Waals surface area contributed by atoms with Crippen LogP contribution in [0.3, 0.4) is 0 Å². The molecule has 0 aromatic heterocycles. The van der Waals surface area contributed by atoms with Gasteiger partial charge >= 0.3 is 37.9 Å². The molecule has 0 spiro atoms. The van der Waals surface area contributed by atoms with Gasteiger partial charge in [0.2, 0.25) is 0 Å². The molecule has 0 heterocycles. The summed E-state index contributed by atoms with van der Waals surface area (Å²) in [6.45, 7) is 20.5. The average molecular weight is 827 g/mol. The van der Waals surface area contributed by atoms with Crippen molar-refractivity contribution in [3.8, 4) is 22.3 Å². The molecular formula is C46H56Cl2Si2Zr. The van der Waals surface area contributed by atoms with Crippen LogP contribution in [0.4, 0.5) is 0 Å². The van der Waals surface area contributed by atoms with E-state index in [4.69, 9.17) is 17.0 Å². The van der Waals surface area contributed by atoms with E-state index in [2.05, 4.69) is 170 Å². The molecule has 266 valence electrons. The Kier molecular flexibility index (Phi) is 15.8. The van der Waals surface area contributed by atoms with Gasteiger partial charge in [-0.3, -0.25) is 0 Å². The summed E-state index contributed by atoms with van der Waals surface area (Å²) in [4.78, 5) is 0. The topological polar surface area (TPSA) is 0 Å². The van der Waals surface area contributed by atoms with Crippen LogP contribution >= 0.6 is 17.0 Å². The zero-order valence-corrected chi connectivity index (χ0v) is 38.2. The van der Waals surface area contributed by atoms with Gasteiger partial charge in [-0.15, -0.1) is 69.1 Å². The van der Waals surface area contributed by atoms with Crippen LogP contribution < -0.4 is 5.19 Å². The van der Waals surface area contributed by atoms with Gasteiger partial charge in [-0.1, -0.05) is 150 Å². The van der Waals surface area contributed by atoms with Gasteiger partial charge in [-0.05, 0) is 47.3 Å². The molecule has 7 rings (SSSR count). The Bertz CT molecular complexity index is 1930. The molecule has 0 aliphatic heterocycles. The fourth-order valence-corrected chi connectivity index (χ4v) is 8.22. The molecule has 6 aromatic rings. The second-order valence-electron chi connectivity index (χ2n) is 15.8. The van der Waals surface area contributed by atoms with Crippen molar-refractivity contribution in [2.24, 2.45) is 0 Å². The molecule has 0 unspecified atom stereocenters. The molecule has 1 aliphatic rings. The Morgan fingerprint density at radius 2 is 1.20 bits per heavy atom. The van der Waals surface area contributed by atoms with Gasteiger partial charge in [-0.2, -0.15) is 12.1 Å². The van der Waals surface area contributed by atoms with Gasteiger partial charge in [0.15, 0.2) is 0 Å². The number of hydrogen-bond donors (Lipinski definition) is 0. The second-order valence-corrected chi connectivity index (χ2v) is 25.6. The van der Waals surface area contributed by atoms with E-state index in [0.717, 1.165) is 21.9 Å². The Labute approximate surface area is 331 Å². The van der Waals surface area contributed by atoms with E-state index in [1.165, 1.54) is 85.8 Å². The summed E-state index contributed by atoms with van der Waals surface area (Å²) in [5.74, 6) is 0.786. The minimum absolute atomic E-state index is 0.209. The van der Waals surface area contributed by atoms with Gasteiger partial charge in [-0.25, -0.2) is 0 Å². The first-order valence-electron chi connectivity index (χ1n) is 18.5. The number of rotatable bonds is 5. The van der Waals surface area contributed by atoms with Crippen molar-refractivity contribution in [1.29, 1.82) is 0 Å². The first kappa shape index (κ1) is 41.7. The van der Waals surface area contributed by atoms with Gasteiger partial charge in [0, 0.05) is 9.52 Å². The molecule has 0 amide bonds. The summed E-state index contributed by atoms with van der Waals surface area (Å²) in [5.41, 5.74) is 9.98. The van der Waals surface area contributed by atoms with E-state index < -0.39 is 28.9 Å². The van der Waals surface area contributed by atoms with E-state index in [1.54, 1.807) is 5.56 Å². The third kappa shape index (κ3) is 11.3. The van der Waals surface area contributed by atoms with Crippen LogP contribution in [0.25, 0.3) is 43.8 Å². The molecule has 0 bridgehead atoms. The van der Waals surface area contributed by atoms with Crippen molar-refractivity contribution >= 4 is 61.4 Å². The molecular weight excluding hydrogens is 771 g/mol. The molecule has 0 saturated heterocycles. The minimum atomic E-state index is -1.21. The molecule has 51 heavy (non-hydrogen) atoms. The van der Waals surface area contributed by atoms with Crippen LogP contribution in [-0.4, -0.2) is 17.6 Å². The fourth-order valence-electron chi connectivity index (χ4n) is 7.06. The van der Waals surface area contributed by atoms with Crippen LogP contribution in [0.1, 0.15) is 76.0 Å². The van der Waals surface area contributed by atoms with Gasteiger partial charge in [0.25, 0.3) is 0 Å². The van der Waals surface area contributed by atoms with Crippen LogP contribution in [0.5, 0.6) is 0 Å². The molecule has 2 radical (unpaired) electrons. The zero-order valence-electron chi connectivity index (χ0n) is 32.3. The van der Waals surface area contributed by atoms with Gasteiger partial charge in [0.1, 0.15) is 0 Å². The number of halogens is 2. The molecule has 1 aliphatic carbocycles. The SMILES string of the molecule is CC(C)(C)c1ccc(-c2cccc3[cH-]c(C4CCCC4)cc23)cc1.CCc1cc2c(-c3ccc([Si](C)(C)C)cc3)cccc2[cH-]1.C[Si]C.[Cl][Zr+2][Cl]. The second kappa shape index (κ2) is 19.4. The number of aryl methyl sites for hydroxylation is 1. The van der Waals surface area contributed by atoms with Crippen molar-refractivity contribution in [1.82, 2.24) is 0 Å². The molecule has 0 atom stereocenters. The quantitative estimate of drug-likeness (QED) is 0.120. The summed E-state index contributed by atoms with van der Waals surface area (Å²) < 4.78 is 0.